The minimum Gasteiger partial charge on any atom is -0.477 e. The maximum Gasteiger partial charge on any atom is 0.217 e. The number of rotatable bonds is 6. The van der Waals surface area contributed by atoms with Crippen LogP contribution < -0.4 is 4.74 Å². The van der Waals surface area contributed by atoms with Crippen LogP contribution in [0.25, 0.3) is 0 Å². The third kappa shape index (κ3) is 4.46. The summed E-state index contributed by atoms with van der Waals surface area (Å²) in [7, 11) is 0. The van der Waals surface area contributed by atoms with Gasteiger partial charge in [0.25, 0.3) is 0 Å². The van der Waals surface area contributed by atoms with Crippen molar-refractivity contribution in [2.75, 3.05) is 13.2 Å². The van der Waals surface area contributed by atoms with Gasteiger partial charge in [-0.1, -0.05) is 32.3 Å². The second-order valence-corrected chi connectivity index (χ2v) is 7.81. The molecule has 0 unspecified atom stereocenters. The Kier molecular flexibility index (Phi) is 5.97. The van der Waals surface area contributed by atoms with E-state index in [4.69, 9.17) is 14.7 Å². The Balaban J connectivity index is 1.43. The van der Waals surface area contributed by atoms with Gasteiger partial charge in [-0.3, -0.25) is 4.90 Å². The molecule has 3 heterocycles. The third-order valence-corrected chi connectivity index (χ3v) is 5.69. The van der Waals surface area contributed by atoms with Crippen LogP contribution in [0.4, 0.5) is 0 Å². The number of pyridine rings is 1. The fourth-order valence-electron chi connectivity index (χ4n) is 4.20. The molecule has 0 atom stereocenters. The van der Waals surface area contributed by atoms with Crippen molar-refractivity contribution in [3.63, 3.8) is 0 Å². The molecule has 5 heteroatoms. The van der Waals surface area contributed by atoms with Gasteiger partial charge in [0.05, 0.1) is 6.61 Å². The van der Waals surface area contributed by atoms with Gasteiger partial charge < -0.3 is 4.74 Å². The van der Waals surface area contributed by atoms with Gasteiger partial charge in [-0.25, -0.2) is 15.0 Å². The average molecular weight is 367 g/mol. The first-order valence-corrected chi connectivity index (χ1v) is 10.5. The molecule has 0 amide bonds. The third-order valence-electron chi connectivity index (χ3n) is 5.69. The number of ether oxygens (including phenoxy) is 1. The SMILES string of the molecule is CCCOc1ncccc1CN1CCc2nc(C3CCCCC3)ncc2C1. The topological polar surface area (TPSA) is 51.1 Å². The summed E-state index contributed by atoms with van der Waals surface area (Å²) in [6, 6.07) is 4.11. The number of hydrogen-bond acceptors (Lipinski definition) is 5. The quantitative estimate of drug-likeness (QED) is 0.764. The smallest absolute Gasteiger partial charge is 0.217 e. The van der Waals surface area contributed by atoms with Crippen molar-refractivity contribution in [3.05, 3.63) is 47.2 Å². The molecular weight excluding hydrogens is 336 g/mol. The number of aromatic nitrogens is 3. The molecule has 0 spiro atoms. The first-order chi connectivity index (χ1) is 13.3. The largest absolute Gasteiger partial charge is 0.477 e. The lowest BCUT2D eigenvalue weighted by atomic mass is 9.88. The molecule has 2 aromatic heterocycles. The van der Waals surface area contributed by atoms with Crippen molar-refractivity contribution in [1.29, 1.82) is 0 Å². The van der Waals surface area contributed by atoms with E-state index >= 15 is 0 Å². The molecule has 2 aliphatic rings. The summed E-state index contributed by atoms with van der Waals surface area (Å²) in [6.07, 6.45) is 12.4. The molecule has 0 aromatic carbocycles. The minimum absolute atomic E-state index is 0.579. The Morgan fingerprint density at radius 3 is 2.93 bits per heavy atom. The first-order valence-electron chi connectivity index (χ1n) is 10.5. The van der Waals surface area contributed by atoms with Crippen LogP contribution >= 0.6 is 0 Å². The molecule has 27 heavy (non-hydrogen) atoms. The van der Waals surface area contributed by atoms with Crippen molar-refractivity contribution in [2.45, 2.75) is 70.9 Å². The lowest BCUT2D eigenvalue weighted by Gasteiger charge is -2.29. The Morgan fingerprint density at radius 1 is 1.19 bits per heavy atom. The molecule has 1 aliphatic carbocycles. The first kappa shape index (κ1) is 18.4. The second kappa shape index (κ2) is 8.79. The minimum atomic E-state index is 0.579. The highest BCUT2D eigenvalue weighted by Crippen LogP contribution is 2.31. The fourth-order valence-corrected chi connectivity index (χ4v) is 4.20. The van der Waals surface area contributed by atoms with Gasteiger partial charge in [-0.05, 0) is 25.3 Å². The summed E-state index contributed by atoms with van der Waals surface area (Å²) >= 11 is 0. The van der Waals surface area contributed by atoms with Crippen molar-refractivity contribution in [1.82, 2.24) is 19.9 Å². The highest BCUT2D eigenvalue weighted by atomic mass is 16.5. The lowest BCUT2D eigenvalue weighted by Crippen LogP contribution is -2.31. The molecule has 0 radical (unpaired) electrons. The predicted molar refractivity (Wildman–Crippen MR) is 106 cm³/mol. The summed E-state index contributed by atoms with van der Waals surface area (Å²) < 4.78 is 5.82. The Bertz CT molecular complexity index is 758. The van der Waals surface area contributed by atoms with Gasteiger partial charge in [0, 0.05) is 61.2 Å². The van der Waals surface area contributed by atoms with Crippen molar-refractivity contribution in [2.24, 2.45) is 0 Å². The van der Waals surface area contributed by atoms with Gasteiger partial charge in [0.1, 0.15) is 5.82 Å². The van der Waals surface area contributed by atoms with Crippen molar-refractivity contribution in [3.8, 4) is 5.88 Å². The van der Waals surface area contributed by atoms with Gasteiger partial charge in [0.2, 0.25) is 5.88 Å². The predicted octanol–water partition coefficient (Wildman–Crippen LogP) is 4.27. The summed E-state index contributed by atoms with van der Waals surface area (Å²) in [4.78, 5) is 16.6. The molecule has 1 aliphatic heterocycles. The monoisotopic (exact) mass is 366 g/mol. The molecular formula is C22H30N4O. The number of hydrogen-bond donors (Lipinski definition) is 0. The van der Waals surface area contributed by atoms with E-state index < -0.39 is 0 Å². The fraction of sp³-hybridized carbons (Fsp3) is 0.591. The van der Waals surface area contributed by atoms with E-state index in [1.54, 1.807) is 6.20 Å². The second-order valence-electron chi connectivity index (χ2n) is 7.81. The number of fused-ring (bicyclic) bond motifs is 1. The molecule has 0 saturated heterocycles. The maximum atomic E-state index is 5.82. The van der Waals surface area contributed by atoms with Gasteiger partial charge in [-0.15, -0.1) is 0 Å². The zero-order valence-electron chi connectivity index (χ0n) is 16.4. The standard InChI is InChI=1S/C22H30N4O/c1-2-13-27-22-18(9-6-11-23-22)15-26-12-10-20-19(16-26)14-24-21(25-20)17-7-4-3-5-8-17/h6,9,11,14,17H,2-5,7-8,10,12-13,15-16H2,1H3. The molecule has 4 rings (SSSR count). The van der Waals surface area contributed by atoms with Crippen molar-refractivity contribution >= 4 is 0 Å². The number of nitrogens with zero attached hydrogens (tertiary/aromatic N) is 4. The molecule has 0 N–H and O–H groups in total. The molecule has 1 saturated carbocycles. The van der Waals surface area contributed by atoms with E-state index in [9.17, 15) is 0 Å². The van der Waals surface area contributed by atoms with E-state index in [0.717, 1.165) is 49.7 Å². The highest BCUT2D eigenvalue weighted by Gasteiger charge is 2.23. The summed E-state index contributed by atoms with van der Waals surface area (Å²) in [6.45, 7) is 5.62. The summed E-state index contributed by atoms with van der Waals surface area (Å²) in [5.41, 5.74) is 3.70. The van der Waals surface area contributed by atoms with E-state index in [1.807, 2.05) is 6.07 Å². The Hall–Kier alpha value is -2.01. The van der Waals surface area contributed by atoms with E-state index in [-0.39, 0.29) is 0 Å². The van der Waals surface area contributed by atoms with Crippen LogP contribution in [0.2, 0.25) is 0 Å². The molecule has 2 aromatic rings. The summed E-state index contributed by atoms with van der Waals surface area (Å²) in [5.74, 6) is 2.44. The van der Waals surface area contributed by atoms with E-state index in [0.29, 0.717) is 12.5 Å². The van der Waals surface area contributed by atoms with Crippen LogP contribution in [0, 0.1) is 0 Å². The van der Waals surface area contributed by atoms with Crippen LogP contribution in [0.3, 0.4) is 0 Å². The van der Waals surface area contributed by atoms with Gasteiger partial charge in [-0.2, -0.15) is 0 Å². The highest BCUT2D eigenvalue weighted by molar-refractivity contribution is 5.27. The normalized spacial score (nSPS) is 18.3. The lowest BCUT2D eigenvalue weighted by molar-refractivity contribution is 0.232. The van der Waals surface area contributed by atoms with Crippen LogP contribution in [0.1, 0.15) is 74.0 Å². The van der Waals surface area contributed by atoms with Crippen LogP contribution in [-0.4, -0.2) is 33.0 Å². The zero-order valence-corrected chi connectivity index (χ0v) is 16.4. The summed E-state index contributed by atoms with van der Waals surface area (Å²) in [5, 5.41) is 0. The molecule has 5 nitrogen and oxygen atoms in total. The van der Waals surface area contributed by atoms with Crippen LogP contribution in [0.15, 0.2) is 24.5 Å². The van der Waals surface area contributed by atoms with Crippen molar-refractivity contribution < 1.29 is 4.74 Å². The Morgan fingerprint density at radius 2 is 2.07 bits per heavy atom. The zero-order chi connectivity index (χ0) is 18.5. The molecule has 0 bridgehead atoms. The Labute approximate surface area is 162 Å². The van der Waals surface area contributed by atoms with Gasteiger partial charge >= 0.3 is 0 Å². The van der Waals surface area contributed by atoms with Crippen LogP contribution in [-0.2, 0) is 19.5 Å². The van der Waals surface area contributed by atoms with E-state index in [2.05, 4.69) is 29.1 Å². The van der Waals surface area contributed by atoms with Crippen LogP contribution in [0.5, 0.6) is 5.88 Å². The molecule has 144 valence electrons. The van der Waals surface area contributed by atoms with E-state index in [1.165, 1.54) is 43.4 Å². The molecule has 1 fully saturated rings. The average Bonchev–Trinajstić information content (AvgIpc) is 2.73. The van der Waals surface area contributed by atoms with Gasteiger partial charge in [0.15, 0.2) is 0 Å². The maximum absolute atomic E-state index is 5.82.